The fraction of sp³-hybridized carbons (Fsp3) is 1.00. The minimum atomic E-state index is 0.844. The maximum atomic E-state index is 5.14. The van der Waals surface area contributed by atoms with Gasteiger partial charge < -0.3 is 5.73 Å². The molecular formula is C14H37N. The number of unbranched alkanes of at least 4 members (excludes halogenated alkanes) is 3. The molecule has 0 aromatic heterocycles. The number of hydrogen-bond acceptors (Lipinski definition) is 1. The molecule has 0 aliphatic heterocycles. The number of rotatable bonds is 4. The summed E-state index contributed by atoms with van der Waals surface area (Å²) in [6, 6.07) is 0. The summed E-state index contributed by atoms with van der Waals surface area (Å²) in [6.45, 7) is 15.7. The molecule has 0 heterocycles. The Labute approximate surface area is 99.8 Å². The lowest BCUT2D eigenvalue weighted by molar-refractivity contribution is 0.807. The van der Waals surface area contributed by atoms with E-state index in [2.05, 4.69) is 34.6 Å². The lowest BCUT2D eigenvalue weighted by Crippen LogP contribution is -1.95. The van der Waals surface area contributed by atoms with Crippen LogP contribution in [0.15, 0.2) is 0 Å². The molecule has 1 nitrogen and oxygen atoms in total. The SMILES string of the molecule is CC.CCCC.CCCC.CCCCN. The second kappa shape index (κ2) is 48.4. The molecule has 0 radical (unpaired) electrons. The summed E-state index contributed by atoms with van der Waals surface area (Å²) in [5.41, 5.74) is 5.14. The van der Waals surface area contributed by atoms with Crippen molar-refractivity contribution < 1.29 is 0 Å². The molecule has 15 heavy (non-hydrogen) atoms. The van der Waals surface area contributed by atoms with Gasteiger partial charge in [-0.1, -0.05) is 80.6 Å². The van der Waals surface area contributed by atoms with Gasteiger partial charge in [0.2, 0.25) is 0 Å². The highest BCUT2D eigenvalue weighted by Crippen LogP contribution is 1.77. The van der Waals surface area contributed by atoms with Crippen molar-refractivity contribution in [2.45, 2.75) is 87.0 Å². The van der Waals surface area contributed by atoms with E-state index in [9.17, 15) is 0 Å². The maximum absolute atomic E-state index is 5.14. The largest absolute Gasteiger partial charge is 0.330 e. The van der Waals surface area contributed by atoms with Gasteiger partial charge in [-0.25, -0.2) is 0 Å². The zero-order valence-electron chi connectivity index (χ0n) is 12.5. The van der Waals surface area contributed by atoms with Crippen LogP contribution in [0.3, 0.4) is 0 Å². The summed E-state index contributed by atoms with van der Waals surface area (Å²) in [4.78, 5) is 0. The predicted octanol–water partition coefficient (Wildman–Crippen LogP) is 5.38. The minimum absolute atomic E-state index is 0.844. The fourth-order valence-electron chi connectivity index (χ4n) is 0.204. The molecule has 0 aliphatic rings. The monoisotopic (exact) mass is 219 g/mol. The van der Waals surface area contributed by atoms with E-state index in [1.165, 1.54) is 38.5 Å². The predicted molar refractivity (Wildman–Crippen MR) is 76.5 cm³/mol. The maximum Gasteiger partial charge on any atom is -0.00774 e. The van der Waals surface area contributed by atoms with Gasteiger partial charge in [-0.3, -0.25) is 0 Å². The van der Waals surface area contributed by atoms with Crippen molar-refractivity contribution in [3.63, 3.8) is 0 Å². The van der Waals surface area contributed by atoms with E-state index in [1.54, 1.807) is 0 Å². The van der Waals surface area contributed by atoms with Crippen LogP contribution < -0.4 is 5.73 Å². The molecule has 0 spiro atoms. The van der Waals surface area contributed by atoms with Gasteiger partial charge in [0.1, 0.15) is 0 Å². The van der Waals surface area contributed by atoms with Gasteiger partial charge >= 0.3 is 0 Å². The zero-order valence-corrected chi connectivity index (χ0v) is 12.5. The van der Waals surface area contributed by atoms with Crippen molar-refractivity contribution in [2.24, 2.45) is 5.73 Å². The molecule has 0 atom stereocenters. The van der Waals surface area contributed by atoms with Gasteiger partial charge in [-0.2, -0.15) is 0 Å². The van der Waals surface area contributed by atoms with E-state index in [0.29, 0.717) is 0 Å². The van der Waals surface area contributed by atoms with Crippen LogP contribution in [0.2, 0.25) is 0 Å². The van der Waals surface area contributed by atoms with Crippen LogP contribution in [-0.2, 0) is 0 Å². The average molecular weight is 219 g/mol. The Kier molecular flexibility index (Phi) is 78.3. The Bertz CT molecular complexity index is 34.6. The highest BCUT2D eigenvalue weighted by molar-refractivity contribution is 4.29. The lowest BCUT2D eigenvalue weighted by Gasteiger charge is -1.80. The highest BCUT2D eigenvalue weighted by Gasteiger charge is 1.68. The van der Waals surface area contributed by atoms with Crippen molar-refractivity contribution in [2.75, 3.05) is 6.54 Å². The Morgan fingerprint density at radius 2 is 0.867 bits per heavy atom. The third-order valence-corrected chi connectivity index (χ3v) is 1.56. The zero-order chi connectivity index (χ0) is 12.9. The Morgan fingerprint density at radius 1 is 0.600 bits per heavy atom. The Morgan fingerprint density at radius 3 is 0.867 bits per heavy atom. The summed E-state index contributed by atoms with van der Waals surface area (Å²) in [7, 11) is 0. The van der Waals surface area contributed by atoms with E-state index in [-0.39, 0.29) is 0 Å². The van der Waals surface area contributed by atoms with Gasteiger partial charge in [-0.05, 0) is 13.0 Å². The highest BCUT2D eigenvalue weighted by atomic mass is 14.5. The van der Waals surface area contributed by atoms with Gasteiger partial charge in [-0.15, -0.1) is 0 Å². The van der Waals surface area contributed by atoms with Crippen LogP contribution >= 0.6 is 0 Å². The topological polar surface area (TPSA) is 26.0 Å². The second-order valence-corrected chi connectivity index (χ2v) is 3.14. The van der Waals surface area contributed by atoms with Gasteiger partial charge in [0.05, 0.1) is 0 Å². The standard InChI is InChI=1S/C4H11N.2C4H10.C2H6/c1-2-3-4-5;2*1-3-4-2;1-2/h2-5H2,1H3;2*3-4H2,1-2H3;1-2H3. The molecule has 0 aliphatic carbocycles. The summed E-state index contributed by atoms with van der Waals surface area (Å²) < 4.78 is 0. The summed E-state index contributed by atoms with van der Waals surface area (Å²) in [5.74, 6) is 0. The molecule has 0 aromatic carbocycles. The molecule has 0 saturated carbocycles. The minimum Gasteiger partial charge on any atom is -0.330 e. The first-order valence-electron chi connectivity index (χ1n) is 6.94. The van der Waals surface area contributed by atoms with Crippen LogP contribution in [0, 0.1) is 0 Å². The van der Waals surface area contributed by atoms with Crippen LogP contribution in [0.5, 0.6) is 0 Å². The average Bonchev–Trinajstić information content (AvgIpc) is 2.33. The van der Waals surface area contributed by atoms with Crippen LogP contribution in [0.4, 0.5) is 0 Å². The number of nitrogens with two attached hydrogens (primary N) is 1. The van der Waals surface area contributed by atoms with E-state index >= 15 is 0 Å². The van der Waals surface area contributed by atoms with Crippen molar-refractivity contribution in [1.29, 1.82) is 0 Å². The van der Waals surface area contributed by atoms with Crippen molar-refractivity contribution in [1.82, 2.24) is 0 Å². The summed E-state index contributed by atoms with van der Waals surface area (Å²) >= 11 is 0. The van der Waals surface area contributed by atoms with Gasteiger partial charge in [0.15, 0.2) is 0 Å². The van der Waals surface area contributed by atoms with Gasteiger partial charge in [0, 0.05) is 0 Å². The fourth-order valence-corrected chi connectivity index (χ4v) is 0.204. The van der Waals surface area contributed by atoms with Crippen LogP contribution in [-0.4, -0.2) is 6.54 Å². The Balaban J connectivity index is -0.0000000562. The van der Waals surface area contributed by atoms with Crippen molar-refractivity contribution in [3.05, 3.63) is 0 Å². The summed E-state index contributed by atoms with van der Waals surface area (Å²) in [5, 5.41) is 0. The van der Waals surface area contributed by atoms with Crippen LogP contribution in [0.1, 0.15) is 87.0 Å². The second-order valence-electron chi connectivity index (χ2n) is 3.14. The third kappa shape index (κ3) is 127. The Hall–Kier alpha value is -0.0400. The normalized spacial score (nSPS) is 7.20. The molecule has 0 saturated heterocycles. The molecule has 0 unspecified atom stereocenters. The van der Waals surface area contributed by atoms with E-state index in [1.807, 2.05) is 13.8 Å². The van der Waals surface area contributed by atoms with E-state index in [4.69, 9.17) is 5.73 Å². The van der Waals surface area contributed by atoms with E-state index in [0.717, 1.165) is 6.54 Å². The molecule has 0 aromatic rings. The first kappa shape index (κ1) is 24.3. The molecular weight excluding hydrogens is 182 g/mol. The van der Waals surface area contributed by atoms with Crippen LogP contribution in [0.25, 0.3) is 0 Å². The molecule has 1 heteroatoms. The molecule has 0 bridgehead atoms. The van der Waals surface area contributed by atoms with Crippen molar-refractivity contribution in [3.8, 4) is 0 Å². The first-order valence-corrected chi connectivity index (χ1v) is 6.94. The molecule has 0 amide bonds. The first-order chi connectivity index (χ1) is 7.24. The third-order valence-electron chi connectivity index (χ3n) is 1.56. The smallest absolute Gasteiger partial charge is 0.00774 e. The molecule has 2 N–H and O–H groups in total. The molecule has 0 fully saturated rings. The lowest BCUT2D eigenvalue weighted by atomic mass is 10.3. The molecule has 0 rings (SSSR count). The van der Waals surface area contributed by atoms with E-state index < -0.39 is 0 Å². The summed E-state index contributed by atoms with van der Waals surface area (Å²) in [6.07, 6.45) is 7.66. The quantitative estimate of drug-likeness (QED) is 0.674. The number of hydrogen-bond donors (Lipinski definition) is 1. The van der Waals surface area contributed by atoms with Gasteiger partial charge in [0.25, 0.3) is 0 Å². The van der Waals surface area contributed by atoms with Crippen molar-refractivity contribution >= 4 is 0 Å². The molecule has 98 valence electrons.